The predicted octanol–water partition coefficient (Wildman–Crippen LogP) is 6.46. The van der Waals surface area contributed by atoms with E-state index in [2.05, 4.69) is 24.9 Å². The molecule has 5 heteroatoms. The van der Waals surface area contributed by atoms with E-state index >= 15 is 0 Å². The number of ether oxygens (including phenoxy) is 1. The van der Waals surface area contributed by atoms with Crippen molar-refractivity contribution in [1.29, 1.82) is 0 Å². The fourth-order valence-electron chi connectivity index (χ4n) is 4.30. The molecule has 0 bridgehead atoms. The number of rotatable bonds is 6. The molecule has 3 aromatic rings. The lowest BCUT2D eigenvalue weighted by Gasteiger charge is -2.31. The average molecular weight is 430 g/mol. The van der Waals surface area contributed by atoms with Gasteiger partial charge in [0.05, 0.1) is 0 Å². The summed E-state index contributed by atoms with van der Waals surface area (Å²) in [5.74, 6) is 1.76. The Morgan fingerprint density at radius 1 is 1.00 bits per heavy atom. The van der Waals surface area contributed by atoms with Gasteiger partial charge in [0.2, 0.25) is 5.88 Å². The van der Waals surface area contributed by atoms with Crippen LogP contribution in [0.3, 0.4) is 0 Å². The second kappa shape index (κ2) is 9.94. The Kier molecular flexibility index (Phi) is 6.84. The van der Waals surface area contributed by atoms with Gasteiger partial charge in [-0.2, -0.15) is 4.98 Å². The lowest BCUT2D eigenvalue weighted by atomic mass is 9.94. The second-order valence-electron chi connectivity index (χ2n) is 8.78. The molecule has 0 unspecified atom stereocenters. The molecule has 1 aliphatic carbocycles. The Hall–Kier alpha value is -3.21. The zero-order chi connectivity index (χ0) is 22.5. The van der Waals surface area contributed by atoms with Crippen LogP contribution in [-0.4, -0.2) is 33.9 Å². The van der Waals surface area contributed by atoms with Gasteiger partial charge in [0.15, 0.2) is 5.82 Å². The molecule has 166 valence electrons. The molecule has 1 heterocycles. The number of carbonyl (C=O) groups is 1. The maximum Gasteiger partial charge on any atom is 0.260 e. The van der Waals surface area contributed by atoms with E-state index in [-0.39, 0.29) is 17.9 Å². The normalized spacial score (nSPS) is 14.4. The molecule has 0 radical (unpaired) electrons. The number of hydrogen-bond acceptors (Lipinski definition) is 4. The summed E-state index contributed by atoms with van der Waals surface area (Å²) in [5.41, 5.74) is 2.36. The highest BCUT2D eigenvalue weighted by Gasteiger charge is 2.27. The third kappa shape index (κ3) is 4.82. The minimum Gasteiger partial charge on any atom is -0.438 e. The minimum absolute atomic E-state index is 0.0893. The topological polar surface area (TPSA) is 55.3 Å². The van der Waals surface area contributed by atoms with Crippen LogP contribution in [0.15, 0.2) is 60.8 Å². The van der Waals surface area contributed by atoms with Crippen molar-refractivity contribution in [2.45, 2.75) is 57.9 Å². The molecule has 1 amide bonds. The van der Waals surface area contributed by atoms with Crippen molar-refractivity contribution in [3.8, 4) is 23.0 Å². The smallest absolute Gasteiger partial charge is 0.260 e. The van der Waals surface area contributed by atoms with E-state index in [9.17, 15) is 4.79 Å². The number of hydrogen-bond donors (Lipinski definition) is 0. The standard InChI is InChI=1S/C27H31N3O2/c1-19(2)22-16-10-11-17-24(22)32-26-23(27(31)30(3)21-14-8-5-9-15-21)18-28-25(29-26)20-12-6-4-7-13-20/h4,6-7,10-13,16-19,21H,5,8-9,14-15H2,1-3H3. The lowest BCUT2D eigenvalue weighted by molar-refractivity contribution is 0.0692. The van der Waals surface area contributed by atoms with Crippen molar-refractivity contribution in [2.75, 3.05) is 7.05 Å². The Morgan fingerprint density at radius 2 is 1.69 bits per heavy atom. The fourth-order valence-corrected chi connectivity index (χ4v) is 4.30. The van der Waals surface area contributed by atoms with Crippen molar-refractivity contribution in [2.24, 2.45) is 0 Å². The molecule has 5 nitrogen and oxygen atoms in total. The first kappa shape index (κ1) is 22.0. The summed E-state index contributed by atoms with van der Waals surface area (Å²) in [6.45, 7) is 4.25. The maximum absolute atomic E-state index is 13.5. The van der Waals surface area contributed by atoms with Gasteiger partial charge in [-0.1, -0.05) is 81.6 Å². The van der Waals surface area contributed by atoms with Crippen molar-refractivity contribution in [1.82, 2.24) is 14.9 Å². The van der Waals surface area contributed by atoms with Crippen molar-refractivity contribution in [3.63, 3.8) is 0 Å². The second-order valence-corrected chi connectivity index (χ2v) is 8.78. The molecule has 0 N–H and O–H groups in total. The number of carbonyl (C=O) groups excluding carboxylic acids is 1. The van der Waals surface area contributed by atoms with Crippen LogP contribution >= 0.6 is 0 Å². The molecule has 0 aliphatic heterocycles. The number of amides is 1. The molecule has 1 fully saturated rings. The number of benzene rings is 2. The Bertz CT molecular complexity index is 1060. The van der Waals surface area contributed by atoms with Crippen LogP contribution in [0.5, 0.6) is 11.6 Å². The van der Waals surface area contributed by atoms with E-state index in [0.717, 1.165) is 42.6 Å². The van der Waals surface area contributed by atoms with Crippen LogP contribution < -0.4 is 4.74 Å². The molecule has 32 heavy (non-hydrogen) atoms. The monoisotopic (exact) mass is 429 g/mol. The zero-order valence-electron chi connectivity index (χ0n) is 19.1. The lowest BCUT2D eigenvalue weighted by Crippen LogP contribution is -2.38. The first-order chi connectivity index (χ1) is 15.5. The van der Waals surface area contributed by atoms with Crippen LogP contribution in [0.2, 0.25) is 0 Å². The highest BCUT2D eigenvalue weighted by molar-refractivity contribution is 5.96. The SMILES string of the molecule is CC(C)c1ccccc1Oc1nc(-c2ccccc2)ncc1C(=O)N(C)C1CCCCC1. The quantitative estimate of drug-likeness (QED) is 0.451. The van der Waals surface area contributed by atoms with E-state index < -0.39 is 0 Å². The van der Waals surface area contributed by atoms with Gasteiger partial charge in [-0.25, -0.2) is 4.98 Å². The van der Waals surface area contributed by atoms with Gasteiger partial charge in [0.25, 0.3) is 5.91 Å². The average Bonchev–Trinajstić information content (AvgIpc) is 2.84. The number of aromatic nitrogens is 2. The van der Waals surface area contributed by atoms with E-state index in [1.54, 1.807) is 6.20 Å². The zero-order valence-corrected chi connectivity index (χ0v) is 19.1. The molecule has 2 aromatic carbocycles. The predicted molar refractivity (Wildman–Crippen MR) is 127 cm³/mol. The van der Waals surface area contributed by atoms with E-state index in [1.165, 1.54) is 6.42 Å². The van der Waals surface area contributed by atoms with E-state index in [4.69, 9.17) is 9.72 Å². The molecule has 1 saturated carbocycles. The van der Waals surface area contributed by atoms with Crippen LogP contribution in [0.1, 0.15) is 67.8 Å². The maximum atomic E-state index is 13.5. The van der Waals surface area contributed by atoms with E-state index in [1.807, 2.05) is 60.5 Å². The summed E-state index contributed by atoms with van der Waals surface area (Å²) in [6.07, 6.45) is 7.26. The minimum atomic E-state index is -0.0893. The molecular weight excluding hydrogens is 398 g/mol. The molecule has 1 aromatic heterocycles. The summed E-state index contributed by atoms with van der Waals surface area (Å²) in [6, 6.07) is 17.9. The van der Waals surface area contributed by atoms with Crippen molar-refractivity contribution >= 4 is 5.91 Å². The summed E-state index contributed by atoms with van der Waals surface area (Å²) in [5, 5.41) is 0. The van der Waals surface area contributed by atoms with Crippen LogP contribution in [0, 0.1) is 0 Å². The first-order valence-corrected chi connectivity index (χ1v) is 11.5. The third-order valence-electron chi connectivity index (χ3n) is 6.21. The highest BCUT2D eigenvalue weighted by atomic mass is 16.5. The molecule has 0 spiro atoms. The Balaban J connectivity index is 1.73. The van der Waals surface area contributed by atoms with Gasteiger partial charge in [-0.15, -0.1) is 0 Å². The van der Waals surface area contributed by atoms with Gasteiger partial charge in [-0.3, -0.25) is 4.79 Å². The molecule has 4 rings (SSSR count). The van der Waals surface area contributed by atoms with E-state index in [0.29, 0.717) is 17.3 Å². The Labute approximate surface area is 190 Å². The summed E-state index contributed by atoms with van der Waals surface area (Å²) >= 11 is 0. The molecule has 1 aliphatic rings. The summed E-state index contributed by atoms with van der Waals surface area (Å²) < 4.78 is 6.32. The fraction of sp³-hybridized carbons (Fsp3) is 0.370. The van der Waals surface area contributed by atoms with Gasteiger partial charge in [-0.05, 0) is 30.4 Å². The van der Waals surface area contributed by atoms with Gasteiger partial charge in [0, 0.05) is 24.8 Å². The van der Waals surface area contributed by atoms with Gasteiger partial charge in [0.1, 0.15) is 11.3 Å². The van der Waals surface area contributed by atoms with Gasteiger partial charge < -0.3 is 9.64 Å². The van der Waals surface area contributed by atoms with Crippen LogP contribution in [0.25, 0.3) is 11.4 Å². The Morgan fingerprint density at radius 3 is 2.41 bits per heavy atom. The molecule has 0 saturated heterocycles. The van der Waals surface area contributed by atoms with Crippen LogP contribution in [0.4, 0.5) is 0 Å². The first-order valence-electron chi connectivity index (χ1n) is 11.5. The number of para-hydroxylation sites is 1. The molecular formula is C27H31N3O2. The largest absolute Gasteiger partial charge is 0.438 e. The highest BCUT2D eigenvalue weighted by Crippen LogP contribution is 2.33. The third-order valence-corrected chi connectivity index (χ3v) is 6.21. The molecule has 0 atom stereocenters. The van der Waals surface area contributed by atoms with Crippen molar-refractivity contribution in [3.05, 3.63) is 71.9 Å². The van der Waals surface area contributed by atoms with Crippen LogP contribution in [-0.2, 0) is 0 Å². The summed E-state index contributed by atoms with van der Waals surface area (Å²) in [4.78, 5) is 24.6. The van der Waals surface area contributed by atoms with Crippen molar-refractivity contribution < 1.29 is 9.53 Å². The number of nitrogens with zero attached hydrogens (tertiary/aromatic N) is 3. The summed E-state index contributed by atoms with van der Waals surface area (Å²) in [7, 11) is 1.88. The van der Waals surface area contributed by atoms with Gasteiger partial charge >= 0.3 is 0 Å².